The number of pyridine rings is 1. The van der Waals surface area contributed by atoms with Gasteiger partial charge in [-0.2, -0.15) is 0 Å². The lowest BCUT2D eigenvalue weighted by Crippen LogP contribution is -2.54. The second kappa shape index (κ2) is 6.81. The maximum absolute atomic E-state index is 12.5. The summed E-state index contributed by atoms with van der Waals surface area (Å²) in [5.41, 5.74) is 8.12. The highest BCUT2D eigenvalue weighted by molar-refractivity contribution is 5.91. The van der Waals surface area contributed by atoms with E-state index >= 15 is 0 Å². The van der Waals surface area contributed by atoms with Crippen LogP contribution in [0.25, 0.3) is 0 Å². The zero-order valence-electron chi connectivity index (χ0n) is 13.6. The van der Waals surface area contributed by atoms with Crippen LogP contribution in [-0.4, -0.2) is 16.9 Å². The summed E-state index contributed by atoms with van der Waals surface area (Å²) in [4.78, 5) is 16.5. The van der Waals surface area contributed by atoms with Gasteiger partial charge in [0, 0.05) is 25.0 Å². The third kappa shape index (κ3) is 3.01. The number of nitrogens with two attached hydrogens (primary N) is 1. The smallest absolute Gasteiger partial charge is 0.233 e. The van der Waals surface area contributed by atoms with Crippen molar-refractivity contribution in [2.24, 2.45) is 5.73 Å². The molecule has 1 aliphatic rings. The number of benzene rings is 1. The van der Waals surface area contributed by atoms with E-state index in [0.717, 1.165) is 16.7 Å². The zero-order valence-corrected chi connectivity index (χ0v) is 13.6. The van der Waals surface area contributed by atoms with Crippen molar-refractivity contribution in [1.29, 1.82) is 0 Å². The topological polar surface area (TPSA) is 68.0 Å². The van der Waals surface area contributed by atoms with Gasteiger partial charge < -0.3 is 11.1 Å². The number of carbonyl (C=O) groups excluding carboxylic acids is 1. The minimum atomic E-state index is -0.893. The fourth-order valence-electron chi connectivity index (χ4n) is 3.08. The Morgan fingerprint density at radius 3 is 2.54 bits per heavy atom. The number of rotatable bonds is 5. The van der Waals surface area contributed by atoms with Crippen LogP contribution in [-0.2, 0) is 16.8 Å². The molecule has 0 radical (unpaired) electrons. The Morgan fingerprint density at radius 1 is 1.17 bits per heavy atom. The van der Waals surface area contributed by atoms with Gasteiger partial charge in [0.25, 0.3) is 0 Å². The second-order valence-corrected chi connectivity index (χ2v) is 6.06. The van der Waals surface area contributed by atoms with Crippen LogP contribution in [0, 0.1) is 6.92 Å². The molecule has 1 amide bonds. The van der Waals surface area contributed by atoms with E-state index in [2.05, 4.69) is 10.3 Å². The molecule has 122 valence electrons. The predicted octanol–water partition coefficient (Wildman–Crippen LogP) is 2.40. The number of allylic oxidation sites excluding steroid dienone is 2. The molecule has 0 saturated carbocycles. The molecule has 2 atom stereocenters. The Labute approximate surface area is 142 Å². The van der Waals surface area contributed by atoms with Gasteiger partial charge in [0.2, 0.25) is 5.91 Å². The van der Waals surface area contributed by atoms with Crippen molar-refractivity contribution in [3.05, 3.63) is 89.8 Å². The van der Waals surface area contributed by atoms with Crippen LogP contribution in [0.1, 0.15) is 16.7 Å². The molecule has 2 aromatic rings. The molecule has 1 aromatic heterocycles. The van der Waals surface area contributed by atoms with E-state index in [1.54, 1.807) is 12.4 Å². The molecule has 0 bridgehead atoms. The van der Waals surface area contributed by atoms with Gasteiger partial charge in [0.1, 0.15) is 5.41 Å². The number of carbonyl (C=O) groups is 1. The number of amides is 1. The Hall–Kier alpha value is -2.72. The van der Waals surface area contributed by atoms with E-state index in [-0.39, 0.29) is 11.9 Å². The number of aryl methyl sites for hydroxylation is 1. The van der Waals surface area contributed by atoms with Gasteiger partial charge in [0.05, 0.1) is 0 Å². The zero-order chi connectivity index (χ0) is 17.0. The molecule has 2 unspecified atom stereocenters. The molecule has 0 fully saturated rings. The summed E-state index contributed by atoms with van der Waals surface area (Å²) >= 11 is 0. The molecule has 0 spiro atoms. The summed E-state index contributed by atoms with van der Waals surface area (Å²) < 4.78 is 0. The number of hydrogen-bond donors (Lipinski definition) is 2. The van der Waals surface area contributed by atoms with Gasteiger partial charge in [-0.3, -0.25) is 9.78 Å². The van der Waals surface area contributed by atoms with Crippen LogP contribution in [0.15, 0.2) is 73.1 Å². The first kappa shape index (κ1) is 16.1. The molecular weight excluding hydrogens is 298 g/mol. The quantitative estimate of drug-likeness (QED) is 0.889. The minimum Gasteiger partial charge on any atom is -0.369 e. The Balaban J connectivity index is 1.93. The number of hydrogen-bond acceptors (Lipinski definition) is 3. The fourth-order valence-corrected chi connectivity index (χ4v) is 3.08. The van der Waals surface area contributed by atoms with Crippen molar-refractivity contribution in [2.45, 2.75) is 24.9 Å². The van der Waals surface area contributed by atoms with Gasteiger partial charge in [-0.25, -0.2) is 0 Å². The van der Waals surface area contributed by atoms with E-state index < -0.39 is 5.41 Å². The van der Waals surface area contributed by atoms with Crippen molar-refractivity contribution in [3.8, 4) is 0 Å². The second-order valence-electron chi connectivity index (χ2n) is 6.06. The Morgan fingerprint density at radius 2 is 1.88 bits per heavy atom. The van der Waals surface area contributed by atoms with Gasteiger partial charge >= 0.3 is 0 Å². The normalized spacial score (nSPS) is 22.5. The molecular formula is C20H21N3O. The molecule has 3 rings (SSSR count). The first-order valence-electron chi connectivity index (χ1n) is 7.98. The molecule has 0 saturated heterocycles. The maximum atomic E-state index is 12.5. The van der Waals surface area contributed by atoms with Crippen LogP contribution in [0.3, 0.4) is 0 Å². The van der Waals surface area contributed by atoms with Gasteiger partial charge in [0.15, 0.2) is 0 Å². The summed E-state index contributed by atoms with van der Waals surface area (Å²) in [5.74, 6) is -0.362. The molecule has 0 aliphatic heterocycles. The molecule has 1 heterocycles. The first-order valence-corrected chi connectivity index (χ1v) is 7.98. The third-order valence-corrected chi connectivity index (χ3v) is 4.48. The lowest BCUT2D eigenvalue weighted by molar-refractivity contribution is -0.122. The molecule has 1 aliphatic carbocycles. The molecule has 4 nitrogen and oxygen atoms in total. The van der Waals surface area contributed by atoms with Gasteiger partial charge in [-0.15, -0.1) is 0 Å². The van der Waals surface area contributed by atoms with Gasteiger partial charge in [-0.05, 0) is 30.2 Å². The summed E-state index contributed by atoms with van der Waals surface area (Å²) in [7, 11) is 0. The van der Waals surface area contributed by atoms with E-state index in [1.165, 1.54) is 0 Å². The number of aromatic nitrogens is 1. The highest BCUT2D eigenvalue weighted by Gasteiger charge is 2.43. The summed E-state index contributed by atoms with van der Waals surface area (Å²) in [6, 6.07) is 11.7. The van der Waals surface area contributed by atoms with E-state index in [9.17, 15) is 4.79 Å². The summed E-state index contributed by atoms with van der Waals surface area (Å²) in [5, 5.41) is 3.46. The highest BCUT2D eigenvalue weighted by atomic mass is 16.1. The highest BCUT2D eigenvalue weighted by Crippen LogP contribution is 2.33. The maximum Gasteiger partial charge on any atom is 0.233 e. The van der Waals surface area contributed by atoms with E-state index in [4.69, 9.17) is 5.73 Å². The van der Waals surface area contributed by atoms with Crippen molar-refractivity contribution in [3.63, 3.8) is 0 Å². The lowest BCUT2D eigenvalue weighted by atomic mass is 9.71. The molecule has 4 heteroatoms. The molecule has 3 N–H and O–H groups in total. The van der Waals surface area contributed by atoms with E-state index in [1.807, 2.05) is 67.6 Å². The molecule has 24 heavy (non-hydrogen) atoms. The fraction of sp³-hybridized carbons (Fsp3) is 0.200. The summed E-state index contributed by atoms with van der Waals surface area (Å²) in [6.45, 7) is 2.66. The van der Waals surface area contributed by atoms with Crippen molar-refractivity contribution < 1.29 is 4.79 Å². The first-order chi connectivity index (χ1) is 11.6. The Bertz CT molecular complexity index is 765. The molecule has 1 aromatic carbocycles. The lowest BCUT2D eigenvalue weighted by Gasteiger charge is -2.37. The third-order valence-electron chi connectivity index (χ3n) is 4.48. The van der Waals surface area contributed by atoms with Crippen LogP contribution in [0.2, 0.25) is 0 Å². The summed E-state index contributed by atoms with van der Waals surface area (Å²) in [6.07, 6.45) is 11.2. The minimum absolute atomic E-state index is 0.212. The largest absolute Gasteiger partial charge is 0.369 e. The SMILES string of the molecule is Cc1ccc(C2(C(N)=O)C=CC=CC2NCc2ccncc2)cc1. The monoisotopic (exact) mass is 319 g/mol. The van der Waals surface area contributed by atoms with Crippen molar-refractivity contribution in [1.82, 2.24) is 10.3 Å². The van der Waals surface area contributed by atoms with Gasteiger partial charge in [-0.1, -0.05) is 54.1 Å². The van der Waals surface area contributed by atoms with Crippen LogP contribution < -0.4 is 11.1 Å². The standard InChI is InChI=1S/C20H21N3O/c1-15-5-7-17(8-6-15)20(19(21)24)11-3-2-4-18(20)23-14-16-9-12-22-13-10-16/h2-13,18,23H,14H2,1H3,(H2,21,24). The van der Waals surface area contributed by atoms with Crippen LogP contribution in [0.4, 0.5) is 0 Å². The Kier molecular flexibility index (Phi) is 4.58. The van der Waals surface area contributed by atoms with Crippen LogP contribution in [0.5, 0.6) is 0 Å². The van der Waals surface area contributed by atoms with Crippen molar-refractivity contribution in [2.75, 3.05) is 0 Å². The average Bonchev–Trinajstić information content (AvgIpc) is 2.61. The van der Waals surface area contributed by atoms with Crippen molar-refractivity contribution >= 4 is 5.91 Å². The number of nitrogens with one attached hydrogen (secondary N) is 1. The van der Waals surface area contributed by atoms with Crippen LogP contribution >= 0.6 is 0 Å². The van der Waals surface area contributed by atoms with E-state index in [0.29, 0.717) is 6.54 Å². The average molecular weight is 319 g/mol. The number of nitrogens with zero attached hydrogens (tertiary/aromatic N) is 1. The number of primary amides is 1. The predicted molar refractivity (Wildman–Crippen MR) is 95.2 cm³/mol.